The summed E-state index contributed by atoms with van der Waals surface area (Å²) >= 11 is 0. The fourth-order valence-electron chi connectivity index (χ4n) is 2.53. The molecule has 1 nitrogen and oxygen atoms in total. The lowest BCUT2D eigenvalue weighted by Crippen LogP contribution is -2.36. The summed E-state index contributed by atoms with van der Waals surface area (Å²) in [4.78, 5) is 11.8. The average molecular weight is 210 g/mol. The third kappa shape index (κ3) is 1.35. The van der Waals surface area contributed by atoms with Gasteiger partial charge < -0.3 is 0 Å². The molecule has 2 aliphatic carbocycles. The first-order valence-corrected chi connectivity index (χ1v) is 5.75. The molecule has 0 amide bonds. The summed E-state index contributed by atoms with van der Waals surface area (Å²) in [5.74, 6) is 1.00. The largest absolute Gasteiger partial charge is 0.294 e. The number of Topliss-reactive ketones (excluding diaryl/α,β-unsaturated/α-hetero) is 1. The minimum absolute atomic E-state index is 0.261. The van der Waals surface area contributed by atoms with Crippen LogP contribution in [0.4, 0.5) is 0 Å². The molecule has 0 saturated heterocycles. The minimum Gasteiger partial charge on any atom is -0.294 e. The van der Waals surface area contributed by atoms with Crippen LogP contribution in [0.3, 0.4) is 0 Å². The van der Waals surface area contributed by atoms with Crippen LogP contribution in [-0.4, -0.2) is 5.78 Å². The van der Waals surface area contributed by atoms with Crippen LogP contribution in [0.1, 0.15) is 17.5 Å². The number of fused-ring (bicyclic) bond motifs is 1. The topological polar surface area (TPSA) is 17.1 Å². The van der Waals surface area contributed by atoms with E-state index in [1.165, 1.54) is 5.56 Å². The van der Waals surface area contributed by atoms with Gasteiger partial charge in [-0.1, -0.05) is 42.0 Å². The standard InChI is InChI=1S/C15H14O/c1-10-5-7-11(8-6-10)9-14-12-3-2-4-13(12)15(14)16/h2-3,5-9,12-13H,4H2,1H3/b14-9-/t12-,13+/m1/s1. The molecule has 0 aromatic heterocycles. The Morgan fingerprint density at radius 1 is 1.25 bits per heavy atom. The first kappa shape index (κ1) is 9.59. The van der Waals surface area contributed by atoms with E-state index in [1.54, 1.807) is 0 Å². The highest BCUT2D eigenvalue weighted by Gasteiger charge is 2.44. The summed E-state index contributed by atoms with van der Waals surface area (Å²) in [6, 6.07) is 8.30. The molecule has 3 rings (SSSR count). The molecule has 1 aromatic rings. The highest BCUT2D eigenvalue weighted by Crippen LogP contribution is 2.44. The first-order chi connectivity index (χ1) is 7.75. The number of carbonyl (C=O) groups excluding carboxylic acids is 1. The molecule has 1 saturated carbocycles. The van der Waals surface area contributed by atoms with E-state index in [1.807, 2.05) is 6.08 Å². The van der Waals surface area contributed by atoms with Crippen molar-refractivity contribution in [2.24, 2.45) is 11.8 Å². The first-order valence-electron chi connectivity index (χ1n) is 5.75. The summed E-state index contributed by atoms with van der Waals surface area (Å²) in [5, 5.41) is 0. The van der Waals surface area contributed by atoms with Crippen molar-refractivity contribution in [1.29, 1.82) is 0 Å². The van der Waals surface area contributed by atoms with Crippen LogP contribution in [0, 0.1) is 18.8 Å². The van der Waals surface area contributed by atoms with Crippen LogP contribution in [0.2, 0.25) is 0 Å². The Balaban J connectivity index is 1.90. The average Bonchev–Trinajstić information content (AvgIpc) is 2.73. The Bertz CT molecular complexity index is 491. The molecule has 16 heavy (non-hydrogen) atoms. The Hall–Kier alpha value is -1.63. The van der Waals surface area contributed by atoms with E-state index in [-0.39, 0.29) is 5.92 Å². The molecule has 0 heterocycles. The zero-order valence-electron chi connectivity index (χ0n) is 9.31. The van der Waals surface area contributed by atoms with Gasteiger partial charge in [-0.2, -0.15) is 0 Å². The van der Waals surface area contributed by atoms with Crippen LogP contribution >= 0.6 is 0 Å². The van der Waals surface area contributed by atoms with Gasteiger partial charge in [-0.15, -0.1) is 0 Å². The second kappa shape index (κ2) is 3.44. The fraction of sp³-hybridized carbons (Fsp3) is 0.267. The third-order valence-corrected chi connectivity index (χ3v) is 3.55. The summed E-state index contributed by atoms with van der Waals surface area (Å²) in [7, 11) is 0. The van der Waals surface area contributed by atoms with Gasteiger partial charge in [-0.05, 0) is 25.0 Å². The SMILES string of the molecule is Cc1ccc(/C=C2\C(=O)[C@H]3CC=C[C@@H]23)cc1. The lowest BCUT2D eigenvalue weighted by molar-refractivity contribution is -0.124. The number of allylic oxidation sites excluding steroid dienone is 3. The van der Waals surface area contributed by atoms with Crippen LogP contribution in [0.15, 0.2) is 42.0 Å². The van der Waals surface area contributed by atoms with Crippen molar-refractivity contribution in [2.75, 3.05) is 0 Å². The van der Waals surface area contributed by atoms with Crippen molar-refractivity contribution in [1.82, 2.24) is 0 Å². The van der Waals surface area contributed by atoms with E-state index in [2.05, 4.69) is 43.3 Å². The molecule has 0 spiro atoms. The normalized spacial score (nSPS) is 29.3. The second-order valence-electron chi connectivity index (χ2n) is 4.67. The summed E-state index contributed by atoms with van der Waals surface area (Å²) < 4.78 is 0. The van der Waals surface area contributed by atoms with Crippen LogP contribution in [0.25, 0.3) is 6.08 Å². The van der Waals surface area contributed by atoms with E-state index in [4.69, 9.17) is 0 Å². The maximum atomic E-state index is 11.8. The van der Waals surface area contributed by atoms with Gasteiger partial charge in [0.25, 0.3) is 0 Å². The molecule has 80 valence electrons. The van der Waals surface area contributed by atoms with Crippen molar-refractivity contribution >= 4 is 11.9 Å². The Morgan fingerprint density at radius 3 is 2.75 bits per heavy atom. The zero-order valence-corrected chi connectivity index (χ0v) is 9.31. The van der Waals surface area contributed by atoms with E-state index < -0.39 is 0 Å². The highest BCUT2D eigenvalue weighted by atomic mass is 16.1. The molecule has 0 unspecified atom stereocenters. The van der Waals surface area contributed by atoms with E-state index in [0.717, 1.165) is 17.6 Å². The van der Waals surface area contributed by atoms with Crippen molar-refractivity contribution in [3.8, 4) is 0 Å². The second-order valence-corrected chi connectivity index (χ2v) is 4.67. The number of aryl methyl sites for hydroxylation is 1. The molecular weight excluding hydrogens is 196 g/mol. The van der Waals surface area contributed by atoms with Crippen molar-refractivity contribution in [3.63, 3.8) is 0 Å². The maximum absolute atomic E-state index is 11.8. The van der Waals surface area contributed by atoms with Gasteiger partial charge >= 0.3 is 0 Å². The third-order valence-electron chi connectivity index (χ3n) is 3.55. The highest BCUT2D eigenvalue weighted by molar-refractivity contribution is 6.09. The van der Waals surface area contributed by atoms with Gasteiger partial charge in [-0.25, -0.2) is 0 Å². The number of benzene rings is 1. The Kier molecular flexibility index (Phi) is 2.06. The van der Waals surface area contributed by atoms with E-state index >= 15 is 0 Å². The molecule has 2 atom stereocenters. The monoisotopic (exact) mass is 210 g/mol. The molecule has 1 aromatic carbocycles. The van der Waals surface area contributed by atoms with Gasteiger partial charge in [0.2, 0.25) is 0 Å². The lowest BCUT2D eigenvalue weighted by Gasteiger charge is -2.31. The number of rotatable bonds is 1. The Morgan fingerprint density at radius 2 is 2.00 bits per heavy atom. The molecule has 1 heteroatoms. The number of ketones is 1. The number of carbonyl (C=O) groups is 1. The zero-order chi connectivity index (χ0) is 11.1. The number of hydrogen-bond donors (Lipinski definition) is 0. The Labute approximate surface area is 95.5 Å². The fourth-order valence-corrected chi connectivity index (χ4v) is 2.53. The molecular formula is C15H14O. The van der Waals surface area contributed by atoms with Gasteiger partial charge in [0.15, 0.2) is 5.78 Å². The van der Waals surface area contributed by atoms with E-state index in [9.17, 15) is 4.79 Å². The molecule has 1 fully saturated rings. The summed E-state index contributed by atoms with van der Waals surface area (Å²) in [5.41, 5.74) is 3.37. The quantitative estimate of drug-likeness (QED) is 0.514. The van der Waals surface area contributed by atoms with Crippen LogP contribution in [0.5, 0.6) is 0 Å². The van der Waals surface area contributed by atoms with Gasteiger partial charge in [0.1, 0.15) is 0 Å². The van der Waals surface area contributed by atoms with Crippen LogP contribution < -0.4 is 0 Å². The molecule has 2 aliphatic rings. The van der Waals surface area contributed by atoms with Crippen molar-refractivity contribution < 1.29 is 4.79 Å². The molecule has 0 bridgehead atoms. The van der Waals surface area contributed by atoms with Crippen molar-refractivity contribution in [2.45, 2.75) is 13.3 Å². The van der Waals surface area contributed by atoms with Crippen molar-refractivity contribution in [3.05, 3.63) is 53.1 Å². The summed E-state index contributed by atoms with van der Waals surface area (Å²) in [6.45, 7) is 2.07. The molecule has 0 aliphatic heterocycles. The smallest absolute Gasteiger partial charge is 0.163 e. The van der Waals surface area contributed by atoms with Gasteiger partial charge in [-0.3, -0.25) is 4.79 Å². The summed E-state index contributed by atoms with van der Waals surface area (Å²) in [6.07, 6.45) is 7.28. The molecule has 0 N–H and O–H groups in total. The predicted molar refractivity (Wildman–Crippen MR) is 64.9 cm³/mol. The van der Waals surface area contributed by atoms with Gasteiger partial charge in [0, 0.05) is 17.4 Å². The van der Waals surface area contributed by atoms with Crippen LogP contribution in [-0.2, 0) is 4.79 Å². The maximum Gasteiger partial charge on any atom is 0.163 e. The molecule has 0 radical (unpaired) electrons. The lowest BCUT2D eigenvalue weighted by atomic mass is 9.69. The van der Waals surface area contributed by atoms with E-state index in [0.29, 0.717) is 11.7 Å². The minimum atomic E-state index is 0.261. The number of hydrogen-bond acceptors (Lipinski definition) is 1. The predicted octanol–water partition coefficient (Wildman–Crippen LogP) is 3.15. The van der Waals surface area contributed by atoms with Gasteiger partial charge in [0.05, 0.1) is 0 Å².